The Morgan fingerprint density at radius 1 is 1.06 bits per heavy atom. The molecule has 35 heavy (non-hydrogen) atoms. The maximum atomic E-state index is 13.8. The number of ether oxygens (including phenoxy) is 1. The average molecular weight is 499 g/mol. The van der Waals surface area contributed by atoms with Gasteiger partial charge in [-0.25, -0.2) is 4.39 Å². The molecule has 2 aromatic carbocycles. The monoisotopic (exact) mass is 498 g/mol. The van der Waals surface area contributed by atoms with Crippen LogP contribution in [0.15, 0.2) is 53.7 Å². The van der Waals surface area contributed by atoms with Gasteiger partial charge in [-0.1, -0.05) is 36.0 Å². The zero-order valence-electron chi connectivity index (χ0n) is 19.6. The molecule has 2 heterocycles. The van der Waals surface area contributed by atoms with E-state index in [1.165, 1.54) is 30.0 Å². The highest BCUT2D eigenvalue weighted by molar-refractivity contribution is 7.99. The summed E-state index contributed by atoms with van der Waals surface area (Å²) in [5.41, 5.74) is 1.01. The Bertz CT molecular complexity index is 1200. The number of aromatic nitrogens is 3. The Labute approximate surface area is 207 Å². The summed E-state index contributed by atoms with van der Waals surface area (Å²) in [6.45, 7) is 2.81. The van der Waals surface area contributed by atoms with Crippen LogP contribution in [0.4, 0.5) is 10.1 Å². The Morgan fingerprint density at radius 2 is 1.77 bits per heavy atom. The molecule has 1 aromatic heterocycles. The molecule has 1 saturated heterocycles. The number of nitrogens with zero attached hydrogens (tertiary/aromatic N) is 5. The molecule has 1 fully saturated rings. The molecule has 0 bridgehead atoms. The van der Waals surface area contributed by atoms with Crippen molar-refractivity contribution in [3.63, 3.8) is 0 Å². The van der Waals surface area contributed by atoms with E-state index in [2.05, 4.69) is 20.4 Å². The summed E-state index contributed by atoms with van der Waals surface area (Å²) in [5.74, 6) is 0.500. The molecular formula is C24H27FN6O3S. The maximum absolute atomic E-state index is 13.8. The van der Waals surface area contributed by atoms with Crippen LogP contribution in [0.25, 0.3) is 0 Å². The number of carbonyl (C=O) groups is 2. The zero-order valence-corrected chi connectivity index (χ0v) is 20.4. The van der Waals surface area contributed by atoms with Crippen molar-refractivity contribution < 1.29 is 18.7 Å². The van der Waals surface area contributed by atoms with E-state index in [0.717, 1.165) is 24.5 Å². The van der Waals surface area contributed by atoms with Gasteiger partial charge in [0.2, 0.25) is 5.91 Å². The number of rotatable bonds is 8. The Morgan fingerprint density at radius 3 is 2.51 bits per heavy atom. The standard InChI is InChI=1S/C24H27FN6O3S/c1-29-21(15-26-23(33)17-7-3-4-8-18(17)25)27-28-24(29)35-16-22(32)31-13-11-30(12-14-31)19-9-5-6-10-20(19)34-2/h3-10H,11-16H2,1-2H3,(H,26,33). The summed E-state index contributed by atoms with van der Waals surface area (Å²) >= 11 is 1.30. The minimum absolute atomic E-state index is 0.0272. The van der Waals surface area contributed by atoms with Gasteiger partial charge in [-0.2, -0.15) is 0 Å². The van der Waals surface area contributed by atoms with Gasteiger partial charge in [-0.3, -0.25) is 9.59 Å². The first kappa shape index (κ1) is 24.5. The fourth-order valence-electron chi connectivity index (χ4n) is 3.83. The predicted octanol–water partition coefficient (Wildman–Crippen LogP) is 2.33. The van der Waals surface area contributed by atoms with Gasteiger partial charge in [0, 0.05) is 33.2 Å². The van der Waals surface area contributed by atoms with E-state index in [1.807, 2.05) is 29.2 Å². The van der Waals surface area contributed by atoms with E-state index in [-0.39, 0.29) is 23.8 Å². The van der Waals surface area contributed by atoms with Crippen LogP contribution in [-0.2, 0) is 18.4 Å². The van der Waals surface area contributed by atoms with Crippen LogP contribution in [0.3, 0.4) is 0 Å². The molecule has 1 N–H and O–H groups in total. The van der Waals surface area contributed by atoms with Crippen molar-refractivity contribution in [1.29, 1.82) is 0 Å². The van der Waals surface area contributed by atoms with Crippen LogP contribution in [-0.4, -0.2) is 70.5 Å². The van der Waals surface area contributed by atoms with Crippen molar-refractivity contribution >= 4 is 29.3 Å². The Kier molecular flexibility index (Phi) is 7.86. The Hall–Kier alpha value is -3.60. The van der Waals surface area contributed by atoms with Crippen LogP contribution in [0.1, 0.15) is 16.2 Å². The lowest BCUT2D eigenvalue weighted by atomic mass is 10.2. The quantitative estimate of drug-likeness (QED) is 0.477. The SMILES string of the molecule is COc1ccccc1N1CCN(C(=O)CSc2nnc(CNC(=O)c3ccccc3F)n2C)CC1. The number of halogens is 1. The largest absolute Gasteiger partial charge is 0.495 e. The van der Waals surface area contributed by atoms with Gasteiger partial charge in [0.1, 0.15) is 11.6 Å². The number of piperazine rings is 1. The third kappa shape index (κ3) is 5.73. The second kappa shape index (κ2) is 11.2. The van der Waals surface area contributed by atoms with E-state index in [1.54, 1.807) is 24.8 Å². The molecule has 11 heteroatoms. The van der Waals surface area contributed by atoms with E-state index in [9.17, 15) is 14.0 Å². The van der Waals surface area contributed by atoms with Gasteiger partial charge in [0.05, 0.1) is 30.7 Å². The lowest BCUT2D eigenvalue weighted by molar-refractivity contribution is -0.128. The van der Waals surface area contributed by atoms with Gasteiger partial charge in [-0.15, -0.1) is 10.2 Å². The summed E-state index contributed by atoms with van der Waals surface area (Å²) in [4.78, 5) is 29.1. The zero-order chi connectivity index (χ0) is 24.8. The molecule has 0 unspecified atom stereocenters. The number of anilines is 1. The fourth-order valence-corrected chi connectivity index (χ4v) is 4.66. The molecule has 0 radical (unpaired) electrons. The molecule has 2 amide bonds. The fraction of sp³-hybridized carbons (Fsp3) is 0.333. The van der Waals surface area contributed by atoms with Crippen LogP contribution >= 0.6 is 11.8 Å². The van der Waals surface area contributed by atoms with E-state index in [4.69, 9.17) is 4.74 Å². The second-order valence-electron chi connectivity index (χ2n) is 7.95. The highest BCUT2D eigenvalue weighted by Crippen LogP contribution is 2.28. The van der Waals surface area contributed by atoms with E-state index in [0.29, 0.717) is 24.1 Å². The number of amides is 2. The third-order valence-electron chi connectivity index (χ3n) is 5.83. The molecule has 1 aliphatic heterocycles. The van der Waals surface area contributed by atoms with Crippen LogP contribution in [0.2, 0.25) is 0 Å². The lowest BCUT2D eigenvalue weighted by Gasteiger charge is -2.36. The van der Waals surface area contributed by atoms with Crippen molar-refractivity contribution in [1.82, 2.24) is 25.0 Å². The number of thioether (sulfide) groups is 1. The van der Waals surface area contributed by atoms with Crippen LogP contribution < -0.4 is 15.0 Å². The highest BCUT2D eigenvalue weighted by atomic mass is 32.2. The second-order valence-corrected chi connectivity index (χ2v) is 8.89. The number of hydrogen-bond donors (Lipinski definition) is 1. The molecule has 3 aromatic rings. The van der Waals surface area contributed by atoms with Crippen molar-refractivity contribution in [2.75, 3.05) is 43.9 Å². The maximum Gasteiger partial charge on any atom is 0.254 e. The number of para-hydroxylation sites is 2. The van der Waals surface area contributed by atoms with Gasteiger partial charge < -0.3 is 24.4 Å². The lowest BCUT2D eigenvalue weighted by Crippen LogP contribution is -2.49. The van der Waals surface area contributed by atoms with Gasteiger partial charge in [-0.05, 0) is 24.3 Å². The number of benzene rings is 2. The number of carbonyl (C=O) groups excluding carboxylic acids is 2. The molecule has 0 spiro atoms. The average Bonchev–Trinajstić information content (AvgIpc) is 3.25. The first-order valence-corrected chi connectivity index (χ1v) is 12.2. The van der Waals surface area contributed by atoms with E-state index < -0.39 is 11.7 Å². The van der Waals surface area contributed by atoms with Crippen molar-refractivity contribution in [2.24, 2.45) is 7.05 Å². The van der Waals surface area contributed by atoms with Gasteiger partial charge in [0.25, 0.3) is 5.91 Å². The summed E-state index contributed by atoms with van der Waals surface area (Å²) in [6, 6.07) is 13.7. The van der Waals surface area contributed by atoms with Crippen molar-refractivity contribution in [2.45, 2.75) is 11.7 Å². The summed E-state index contributed by atoms with van der Waals surface area (Å²) in [6.07, 6.45) is 0. The third-order valence-corrected chi connectivity index (χ3v) is 6.84. The summed E-state index contributed by atoms with van der Waals surface area (Å²) in [7, 11) is 3.42. The highest BCUT2D eigenvalue weighted by Gasteiger charge is 2.23. The molecule has 0 saturated carbocycles. The minimum Gasteiger partial charge on any atom is -0.495 e. The first-order valence-electron chi connectivity index (χ1n) is 11.2. The van der Waals surface area contributed by atoms with Crippen LogP contribution in [0.5, 0.6) is 5.75 Å². The molecule has 9 nitrogen and oxygen atoms in total. The van der Waals surface area contributed by atoms with E-state index >= 15 is 0 Å². The Balaban J connectivity index is 1.26. The van der Waals surface area contributed by atoms with Crippen molar-refractivity contribution in [3.8, 4) is 5.75 Å². The number of nitrogens with one attached hydrogen (secondary N) is 1. The van der Waals surface area contributed by atoms with Crippen LogP contribution in [0, 0.1) is 5.82 Å². The number of methoxy groups -OCH3 is 1. The van der Waals surface area contributed by atoms with Crippen molar-refractivity contribution in [3.05, 3.63) is 65.7 Å². The smallest absolute Gasteiger partial charge is 0.254 e. The molecule has 0 atom stereocenters. The molecule has 4 rings (SSSR count). The van der Waals surface area contributed by atoms with Gasteiger partial charge >= 0.3 is 0 Å². The molecule has 1 aliphatic rings. The normalized spacial score (nSPS) is 13.6. The number of hydrogen-bond acceptors (Lipinski definition) is 7. The molecular weight excluding hydrogens is 471 g/mol. The summed E-state index contributed by atoms with van der Waals surface area (Å²) < 4.78 is 21.0. The minimum atomic E-state index is -0.582. The molecule has 184 valence electrons. The first-order chi connectivity index (χ1) is 17.0. The topological polar surface area (TPSA) is 92.6 Å². The summed E-state index contributed by atoms with van der Waals surface area (Å²) in [5, 5.41) is 11.4. The molecule has 0 aliphatic carbocycles. The predicted molar refractivity (Wildman–Crippen MR) is 131 cm³/mol. The van der Waals surface area contributed by atoms with Gasteiger partial charge in [0.15, 0.2) is 11.0 Å².